The highest BCUT2D eigenvalue weighted by molar-refractivity contribution is 6.91. The lowest BCUT2D eigenvalue weighted by Crippen LogP contribution is -2.48. The molecule has 1 aliphatic carbocycles. The van der Waals surface area contributed by atoms with Gasteiger partial charge in [0.2, 0.25) is 0 Å². The molecule has 0 amide bonds. The smallest absolute Gasteiger partial charge is 0.302 e. The van der Waals surface area contributed by atoms with Gasteiger partial charge < -0.3 is 4.74 Å². The van der Waals surface area contributed by atoms with Gasteiger partial charge in [-0.2, -0.15) is 0 Å². The number of hydrogen-bond donors (Lipinski definition) is 0. The largest absolute Gasteiger partial charge is 0.463 e. The van der Waals surface area contributed by atoms with E-state index in [0.717, 1.165) is 12.8 Å². The molecule has 2 unspecified atom stereocenters. The van der Waals surface area contributed by atoms with Crippen molar-refractivity contribution in [2.45, 2.75) is 57.3 Å². The van der Waals surface area contributed by atoms with E-state index in [9.17, 15) is 4.79 Å². The van der Waals surface area contributed by atoms with E-state index >= 15 is 0 Å². The van der Waals surface area contributed by atoms with E-state index in [-0.39, 0.29) is 12.1 Å². The van der Waals surface area contributed by atoms with Crippen LogP contribution in [0.5, 0.6) is 0 Å². The van der Waals surface area contributed by atoms with Crippen LogP contribution in [-0.2, 0) is 9.53 Å². The second-order valence-electron chi connectivity index (χ2n) is 6.18. The molecule has 2 atom stereocenters. The molecule has 1 fully saturated rings. The Kier molecular flexibility index (Phi) is 4.45. The Morgan fingerprint density at radius 3 is 2.53 bits per heavy atom. The molecule has 0 saturated heterocycles. The van der Waals surface area contributed by atoms with E-state index in [1.54, 1.807) is 0 Å². The first-order valence-electron chi connectivity index (χ1n) is 7.23. The van der Waals surface area contributed by atoms with Crippen molar-refractivity contribution in [1.29, 1.82) is 0 Å². The number of ether oxygens (including phenoxy) is 1. The summed E-state index contributed by atoms with van der Waals surface area (Å²) < 4.78 is 5.44. The van der Waals surface area contributed by atoms with Crippen LogP contribution in [0.4, 0.5) is 0 Å². The van der Waals surface area contributed by atoms with Gasteiger partial charge in [-0.05, 0) is 24.8 Å². The SMILES string of the molecule is CC(=O)OC1CCCC([Si](C)(C)c2ccccc2)C1. The van der Waals surface area contributed by atoms with E-state index in [1.807, 2.05) is 0 Å². The van der Waals surface area contributed by atoms with Crippen LogP contribution >= 0.6 is 0 Å². The minimum atomic E-state index is -1.46. The Morgan fingerprint density at radius 2 is 1.89 bits per heavy atom. The molecule has 19 heavy (non-hydrogen) atoms. The van der Waals surface area contributed by atoms with Crippen LogP contribution in [0.3, 0.4) is 0 Å². The highest BCUT2D eigenvalue weighted by Gasteiger charge is 2.37. The van der Waals surface area contributed by atoms with Gasteiger partial charge in [0.15, 0.2) is 0 Å². The average molecular weight is 276 g/mol. The van der Waals surface area contributed by atoms with Gasteiger partial charge in [-0.3, -0.25) is 4.79 Å². The van der Waals surface area contributed by atoms with Crippen molar-refractivity contribution in [3.05, 3.63) is 30.3 Å². The number of carbonyl (C=O) groups is 1. The Balaban J connectivity index is 2.10. The van der Waals surface area contributed by atoms with E-state index in [0.29, 0.717) is 5.54 Å². The molecular formula is C16H24O2Si. The lowest BCUT2D eigenvalue weighted by molar-refractivity contribution is -0.147. The molecular weight excluding hydrogens is 252 g/mol. The second-order valence-corrected chi connectivity index (χ2v) is 11.0. The van der Waals surface area contributed by atoms with Crippen molar-refractivity contribution < 1.29 is 9.53 Å². The summed E-state index contributed by atoms with van der Waals surface area (Å²) in [4.78, 5) is 11.1. The van der Waals surface area contributed by atoms with Gasteiger partial charge in [-0.1, -0.05) is 55.0 Å². The van der Waals surface area contributed by atoms with Crippen LogP contribution < -0.4 is 5.19 Å². The van der Waals surface area contributed by atoms with Crippen LogP contribution in [0, 0.1) is 0 Å². The molecule has 1 aromatic carbocycles. The molecule has 104 valence electrons. The monoisotopic (exact) mass is 276 g/mol. The molecule has 0 spiro atoms. The lowest BCUT2D eigenvalue weighted by Gasteiger charge is -2.38. The molecule has 0 bridgehead atoms. The minimum absolute atomic E-state index is 0.134. The maximum absolute atomic E-state index is 11.1. The van der Waals surface area contributed by atoms with Gasteiger partial charge in [-0.25, -0.2) is 0 Å². The third kappa shape index (κ3) is 3.47. The lowest BCUT2D eigenvalue weighted by atomic mass is 9.97. The maximum Gasteiger partial charge on any atom is 0.302 e. The molecule has 0 aromatic heterocycles. The summed E-state index contributed by atoms with van der Waals surface area (Å²) in [5.74, 6) is -0.134. The second kappa shape index (κ2) is 5.91. The van der Waals surface area contributed by atoms with Crippen molar-refractivity contribution in [1.82, 2.24) is 0 Å². The van der Waals surface area contributed by atoms with E-state index in [2.05, 4.69) is 43.4 Å². The van der Waals surface area contributed by atoms with Crippen molar-refractivity contribution in [3.8, 4) is 0 Å². The molecule has 2 nitrogen and oxygen atoms in total. The van der Waals surface area contributed by atoms with Gasteiger partial charge in [0, 0.05) is 6.92 Å². The molecule has 3 heteroatoms. The molecule has 1 aliphatic rings. The molecule has 0 N–H and O–H groups in total. The third-order valence-electron chi connectivity index (χ3n) is 4.50. The summed E-state index contributed by atoms with van der Waals surface area (Å²) in [7, 11) is -1.46. The summed E-state index contributed by atoms with van der Waals surface area (Å²) in [6, 6.07) is 10.9. The van der Waals surface area contributed by atoms with Gasteiger partial charge in [0.05, 0.1) is 8.07 Å². The number of hydrogen-bond acceptors (Lipinski definition) is 2. The molecule has 1 aromatic rings. The van der Waals surface area contributed by atoms with E-state index in [4.69, 9.17) is 4.74 Å². The molecule has 0 aliphatic heterocycles. The van der Waals surface area contributed by atoms with Crippen molar-refractivity contribution >= 4 is 19.2 Å². The number of benzene rings is 1. The third-order valence-corrected chi connectivity index (χ3v) is 8.88. The predicted octanol–water partition coefficient (Wildman–Crippen LogP) is 3.48. The van der Waals surface area contributed by atoms with Crippen LogP contribution in [0.15, 0.2) is 30.3 Å². The van der Waals surface area contributed by atoms with Gasteiger partial charge in [0.1, 0.15) is 6.10 Å². The summed E-state index contributed by atoms with van der Waals surface area (Å²) in [5.41, 5.74) is 0.716. The minimum Gasteiger partial charge on any atom is -0.463 e. The Labute approximate surface area is 117 Å². The highest BCUT2D eigenvalue weighted by Crippen LogP contribution is 2.38. The summed E-state index contributed by atoms with van der Waals surface area (Å²) >= 11 is 0. The maximum atomic E-state index is 11.1. The fourth-order valence-corrected chi connectivity index (χ4v) is 6.55. The van der Waals surface area contributed by atoms with Gasteiger partial charge in [0.25, 0.3) is 0 Å². The fourth-order valence-electron chi connectivity index (χ4n) is 3.25. The molecule has 2 rings (SSSR count). The predicted molar refractivity (Wildman–Crippen MR) is 81.3 cm³/mol. The zero-order valence-corrected chi connectivity index (χ0v) is 13.2. The normalized spacial score (nSPS) is 23.9. The zero-order chi connectivity index (χ0) is 13.9. The highest BCUT2D eigenvalue weighted by atomic mass is 28.3. The average Bonchev–Trinajstić information content (AvgIpc) is 2.39. The topological polar surface area (TPSA) is 26.3 Å². The first kappa shape index (κ1) is 14.3. The van der Waals surface area contributed by atoms with Gasteiger partial charge in [-0.15, -0.1) is 0 Å². The Bertz CT molecular complexity index is 428. The van der Waals surface area contributed by atoms with E-state index < -0.39 is 8.07 Å². The number of carbonyl (C=O) groups excluding carboxylic acids is 1. The Morgan fingerprint density at radius 1 is 1.21 bits per heavy atom. The van der Waals surface area contributed by atoms with Crippen LogP contribution in [-0.4, -0.2) is 20.1 Å². The summed E-state index contributed by atoms with van der Waals surface area (Å²) in [6.07, 6.45) is 4.70. The first-order valence-corrected chi connectivity index (χ1v) is 10.3. The van der Waals surface area contributed by atoms with Crippen molar-refractivity contribution in [2.75, 3.05) is 0 Å². The summed E-state index contributed by atoms with van der Waals surface area (Å²) in [6.45, 7) is 6.41. The Hall–Kier alpha value is -1.09. The standard InChI is InChI=1S/C16H24O2Si/c1-13(17)18-14-8-7-11-16(12-14)19(2,3)15-9-5-4-6-10-15/h4-6,9-10,14,16H,7-8,11-12H2,1-3H3. The summed E-state index contributed by atoms with van der Waals surface area (Å²) in [5, 5.41) is 1.52. The van der Waals surface area contributed by atoms with Crippen LogP contribution in [0.2, 0.25) is 18.6 Å². The number of rotatable bonds is 3. The van der Waals surface area contributed by atoms with E-state index in [1.165, 1.54) is 25.0 Å². The van der Waals surface area contributed by atoms with Crippen LogP contribution in [0.25, 0.3) is 0 Å². The molecule has 1 saturated carbocycles. The zero-order valence-electron chi connectivity index (χ0n) is 12.2. The quantitative estimate of drug-likeness (QED) is 0.624. The molecule has 0 heterocycles. The van der Waals surface area contributed by atoms with Crippen LogP contribution in [0.1, 0.15) is 32.6 Å². The molecule has 0 radical (unpaired) electrons. The van der Waals surface area contributed by atoms with Crippen molar-refractivity contribution in [3.63, 3.8) is 0 Å². The number of esters is 1. The fraction of sp³-hybridized carbons (Fsp3) is 0.562. The first-order chi connectivity index (χ1) is 9.00. The van der Waals surface area contributed by atoms with Gasteiger partial charge >= 0.3 is 5.97 Å². The van der Waals surface area contributed by atoms with Crippen molar-refractivity contribution in [2.24, 2.45) is 0 Å².